The standard InChI is InChI=1S/C23H37NO4S/c1-18-16-24(17-19(2)28-18)21-11-9-10-20(14-21)15-22(25)12-7-6-8-13-29(26,27)23(3,4)5/h9-11,14,18-19H,6-8,12-13,15-17H2,1-5H3/t18-,19+. The quantitative estimate of drug-likeness (QED) is 0.558. The van der Waals surface area contributed by atoms with Crippen molar-refractivity contribution in [2.45, 2.75) is 83.7 Å². The lowest BCUT2D eigenvalue weighted by Gasteiger charge is -2.37. The van der Waals surface area contributed by atoms with Crippen molar-refractivity contribution < 1.29 is 17.9 Å². The molecular weight excluding hydrogens is 386 g/mol. The summed E-state index contributed by atoms with van der Waals surface area (Å²) in [5, 5.41) is 0. The summed E-state index contributed by atoms with van der Waals surface area (Å²) in [7, 11) is -3.07. The van der Waals surface area contributed by atoms with E-state index in [1.54, 1.807) is 20.8 Å². The van der Waals surface area contributed by atoms with Gasteiger partial charge in [0.2, 0.25) is 0 Å². The lowest BCUT2D eigenvalue weighted by Crippen LogP contribution is -2.45. The van der Waals surface area contributed by atoms with Crippen LogP contribution in [0.3, 0.4) is 0 Å². The Labute approximate surface area is 176 Å². The average Bonchev–Trinajstić information content (AvgIpc) is 2.59. The third-order valence-corrected chi connectivity index (χ3v) is 8.09. The number of morpholine rings is 1. The molecule has 1 aromatic rings. The van der Waals surface area contributed by atoms with E-state index in [1.165, 1.54) is 0 Å². The van der Waals surface area contributed by atoms with E-state index in [9.17, 15) is 13.2 Å². The van der Waals surface area contributed by atoms with Crippen molar-refractivity contribution in [3.8, 4) is 0 Å². The zero-order chi connectivity index (χ0) is 21.7. The number of ketones is 1. The monoisotopic (exact) mass is 423 g/mol. The number of carbonyl (C=O) groups excluding carboxylic acids is 1. The molecule has 1 aromatic carbocycles. The molecule has 1 fully saturated rings. The lowest BCUT2D eigenvalue weighted by molar-refractivity contribution is -0.118. The summed E-state index contributed by atoms with van der Waals surface area (Å²) in [6, 6.07) is 8.22. The Morgan fingerprint density at radius 1 is 1.10 bits per heavy atom. The molecule has 2 rings (SSSR count). The van der Waals surface area contributed by atoms with Crippen LogP contribution in [0.5, 0.6) is 0 Å². The van der Waals surface area contributed by atoms with Crippen LogP contribution in [0.25, 0.3) is 0 Å². The average molecular weight is 424 g/mol. The van der Waals surface area contributed by atoms with Gasteiger partial charge in [0.1, 0.15) is 5.78 Å². The molecule has 1 heterocycles. The summed E-state index contributed by atoms with van der Waals surface area (Å²) >= 11 is 0. The van der Waals surface area contributed by atoms with Gasteiger partial charge in [-0.2, -0.15) is 0 Å². The number of benzene rings is 1. The fourth-order valence-corrected chi connectivity index (χ4v) is 4.86. The number of anilines is 1. The molecule has 0 bridgehead atoms. The first-order valence-electron chi connectivity index (χ1n) is 10.7. The van der Waals surface area contributed by atoms with E-state index in [0.717, 1.165) is 37.2 Å². The Kier molecular flexibility index (Phi) is 8.29. The van der Waals surface area contributed by atoms with Gasteiger partial charge in [-0.1, -0.05) is 18.6 Å². The molecule has 0 saturated carbocycles. The van der Waals surface area contributed by atoms with Crippen molar-refractivity contribution in [1.82, 2.24) is 0 Å². The molecule has 0 amide bonds. The fraction of sp³-hybridized carbons (Fsp3) is 0.696. The zero-order valence-corrected chi connectivity index (χ0v) is 19.4. The summed E-state index contributed by atoms with van der Waals surface area (Å²) in [5.74, 6) is 0.410. The third kappa shape index (κ3) is 7.41. The van der Waals surface area contributed by atoms with Crippen molar-refractivity contribution >= 4 is 21.3 Å². The first-order valence-corrected chi connectivity index (χ1v) is 12.4. The SMILES string of the molecule is C[C@@H]1CN(c2cccc(CC(=O)CCCCCS(=O)(=O)C(C)(C)C)c2)C[C@H](C)O1. The Morgan fingerprint density at radius 3 is 2.38 bits per heavy atom. The molecule has 0 N–H and O–H groups in total. The highest BCUT2D eigenvalue weighted by molar-refractivity contribution is 7.92. The van der Waals surface area contributed by atoms with E-state index in [4.69, 9.17) is 4.74 Å². The molecule has 29 heavy (non-hydrogen) atoms. The van der Waals surface area contributed by atoms with Gasteiger partial charge in [0.05, 0.1) is 22.7 Å². The largest absolute Gasteiger partial charge is 0.372 e. The minimum atomic E-state index is -3.07. The number of sulfone groups is 1. The normalized spacial score (nSPS) is 20.7. The Morgan fingerprint density at radius 2 is 1.76 bits per heavy atom. The summed E-state index contributed by atoms with van der Waals surface area (Å²) in [5.41, 5.74) is 2.18. The van der Waals surface area contributed by atoms with Crippen LogP contribution in [-0.2, 0) is 25.8 Å². The van der Waals surface area contributed by atoms with Gasteiger partial charge in [-0.25, -0.2) is 8.42 Å². The highest BCUT2D eigenvalue weighted by Crippen LogP contribution is 2.22. The molecule has 2 atom stereocenters. The highest BCUT2D eigenvalue weighted by atomic mass is 32.2. The summed E-state index contributed by atoms with van der Waals surface area (Å²) in [6.45, 7) is 11.1. The Hall–Kier alpha value is -1.40. The fourth-order valence-electron chi connectivity index (χ4n) is 3.67. The maximum absolute atomic E-state index is 12.4. The minimum absolute atomic E-state index is 0.198. The molecule has 0 spiro atoms. The lowest BCUT2D eigenvalue weighted by atomic mass is 10.0. The first-order chi connectivity index (χ1) is 13.5. The van der Waals surface area contributed by atoms with Gasteiger partial charge in [0.15, 0.2) is 9.84 Å². The van der Waals surface area contributed by atoms with Crippen LogP contribution >= 0.6 is 0 Å². The van der Waals surface area contributed by atoms with Crippen LogP contribution in [0, 0.1) is 0 Å². The second-order valence-corrected chi connectivity index (χ2v) is 12.2. The Bertz CT molecular complexity index is 772. The maximum atomic E-state index is 12.4. The van der Waals surface area contributed by atoms with Gasteiger partial charge in [0, 0.05) is 31.6 Å². The number of carbonyl (C=O) groups is 1. The van der Waals surface area contributed by atoms with E-state index >= 15 is 0 Å². The number of nitrogens with zero attached hydrogens (tertiary/aromatic N) is 1. The predicted molar refractivity (Wildman–Crippen MR) is 119 cm³/mol. The van der Waals surface area contributed by atoms with Crippen molar-refractivity contribution in [3.63, 3.8) is 0 Å². The molecule has 1 aliphatic rings. The first kappa shape index (κ1) is 23.9. The summed E-state index contributed by atoms with van der Waals surface area (Å²) < 4.78 is 29.3. The molecule has 6 heteroatoms. The molecule has 0 aromatic heterocycles. The number of rotatable bonds is 9. The van der Waals surface area contributed by atoms with Crippen LogP contribution in [0.1, 0.15) is 65.9 Å². The molecule has 0 unspecified atom stereocenters. The molecule has 164 valence electrons. The number of ether oxygens (including phenoxy) is 1. The Balaban J connectivity index is 1.78. The van der Waals surface area contributed by atoms with Crippen LogP contribution in [0.2, 0.25) is 0 Å². The van der Waals surface area contributed by atoms with Crippen molar-refractivity contribution in [3.05, 3.63) is 29.8 Å². The van der Waals surface area contributed by atoms with E-state index < -0.39 is 14.6 Å². The topological polar surface area (TPSA) is 63.7 Å². The summed E-state index contributed by atoms with van der Waals surface area (Å²) in [6.07, 6.45) is 3.48. The molecule has 1 saturated heterocycles. The van der Waals surface area contributed by atoms with Crippen LogP contribution in [0.4, 0.5) is 5.69 Å². The number of hydrogen-bond acceptors (Lipinski definition) is 5. The van der Waals surface area contributed by atoms with E-state index in [1.807, 2.05) is 12.1 Å². The summed E-state index contributed by atoms with van der Waals surface area (Å²) in [4.78, 5) is 14.7. The van der Waals surface area contributed by atoms with E-state index in [0.29, 0.717) is 19.3 Å². The highest BCUT2D eigenvalue weighted by Gasteiger charge is 2.28. The van der Waals surface area contributed by atoms with Crippen LogP contribution in [0.15, 0.2) is 24.3 Å². The molecular formula is C23H37NO4S. The number of Topliss-reactive ketones (excluding diaryl/α,β-unsaturated/α-hetero) is 1. The van der Waals surface area contributed by atoms with E-state index in [2.05, 4.69) is 30.9 Å². The number of unbranched alkanes of at least 4 members (excludes halogenated alkanes) is 2. The number of hydrogen-bond donors (Lipinski definition) is 0. The van der Waals surface area contributed by atoms with E-state index in [-0.39, 0.29) is 23.7 Å². The second kappa shape index (κ2) is 10.1. The smallest absolute Gasteiger partial charge is 0.155 e. The van der Waals surface area contributed by atoms with Crippen molar-refractivity contribution in [2.24, 2.45) is 0 Å². The third-order valence-electron chi connectivity index (χ3n) is 5.40. The second-order valence-electron chi connectivity index (χ2n) is 9.29. The van der Waals surface area contributed by atoms with Gasteiger partial charge < -0.3 is 9.64 Å². The van der Waals surface area contributed by atoms with Crippen molar-refractivity contribution in [1.29, 1.82) is 0 Å². The van der Waals surface area contributed by atoms with Crippen LogP contribution < -0.4 is 4.90 Å². The van der Waals surface area contributed by atoms with Gasteiger partial charge in [-0.3, -0.25) is 4.79 Å². The molecule has 0 aliphatic carbocycles. The van der Waals surface area contributed by atoms with Gasteiger partial charge in [-0.05, 0) is 65.2 Å². The van der Waals surface area contributed by atoms with Gasteiger partial charge in [-0.15, -0.1) is 0 Å². The zero-order valence-electron chi connectivity index (χ0n) is 18.6. The van der Waals surface area contributed by atoms with Gasteiger partial charge in [0.25, 0.3) is 0 Å². The molecule has 0 radical (unpaired) electrons. The molecule has 5 nitrogen and oxygen atoms in total. The van der Waals surface area contributed by atoms with Crippen LogP contribution in [-0.4, -0.2) is 50.0 Å². The predicted octanol–water partition coefficient (Wildman–Crippen LogP) is 4.19. The van der Waals surface area contributed by atoms with Gasteiger partial charge >= 0.3 is 0 Å². The maximum Gasteiger partial charge on any atom is 0.155 e. The van der Waals surface area contributed by atoms with Crippen molar-refractivity contribution in [2.75, 3.05) is 23.7 Å². The molecule has 1 aliphatic heterocycles. The minimum Gasteiger partial charge on any atom is -0.372 e.